The second-order valence-electron chi connectivity index (χ2n) is 12.4. The number of rotatable bonds is 33. The van der Waals surface area contributed by atoms with Gasteiger partial charge in [-0.15, -0.1) is 0 Å². The van der Waals surface area contributed by atoms with Gasteiger partial charge in [-0.05, 0) is 77.0 Å². The number of aliphatic hydroxyl groups excluding tert-OH is 1. The van der Waals surface area contributed by atoms with Crippen molar-refractivity contribution < 1.29 is 43.0 Å². The summed E-state index contributed by atoms with van der Waals surface area (Å²) in [6, 6.07) is 0. The molecule has 0 aromatic carbocycles. The zero-order valence-electron chi connectivity index (χ0n) is 31.3. The van der Waals surface area contributed by atoms with E-state index in [4.69, 9.17) is 19.3 Å². The molecule has 9 nitrogen and oxygen atoms in total. The van der Waals surface area contributed by atoms with Crippen LogP contribution in [0, 0.1) is 0 Å². The molecular formula is C41H67O9P. The van der Waals surface area contributed by atoms with E-state index in [2.05, 4.69) is 54.8 Å². The summed E-state index contributed by atoms with van der Waals surface area (Å²) in [5, 5.41) is 9.96. The van der Waals surface area contributed by atoms with Crippen LogP contribution in [0.15, 0.2) is 85.1 Å². The Morgan fingerprint density at radius 2 is 1.20 bits per heavy atom. The van der Waals surface area contributed by atoms with E-state index in [1.807, 2.05) is 42.5 Å². The predicted octanol–water partition coefficient (Wildman–Crippen LogP) is 10.3. The second kappa shape index (κ2) is 35.6. The highest BCUT2D eigenvalue weighted by Gasteiger charge is 2.22. The molecule has 0 radical (unpaired) electrons. The predicted molar refractivity (Wildman–Crippen MR) is 208 cm³/mol. The number of ether oxygens (including phenoxy) is 2. The summed E-state index contributed by atoms with van der Waals surface area (Å²) in [6.07, 6.45) is 43.4. The van der Waals surface area contributed by atoms with Gasteiger partial charge in [0.1, 0.15) is 6.61 Å². The molecule has 290 valence electrons. The third kappa shape index (κ3) is 38.3. The van der Waals surface area contributed by atoms with E-state index in [9.17, 15) is 19.3 Å². The van der Waals surface area contributed by atoms with Gasteiger partial charge < -0.3 is 24.4 Å². The number of unbranched alkanes of at least 4 members (excludes halogenated alkanes) is 9. The normalized spacial score (nSPS) is 14.1. The first-order valence-electron chi connectivity index (χ1n) is 19.0. The number of aliphatic hydroxyl groups is 1. The Labute approximate surface area is 308 Å². The number of phosphoric ester groups is 1. The van der Waals surface area contributed by atoms with Crippen molar-refractivity contribution in [2.24, 2.45) is 0 Å². The monoisotopic (exact) mass is 734 g/mol. The van der Waals surface area contributed by atoms with Gasteiger partial charge in [0.25, 0.3) is 0 Å². The van der Waals surface area contributed by atoms with Gasteiger partial charge in [-0.1, -0.05) is 131 Å². The van der Waals surface area contributed by atoms with Gasteiger partial charge in [-0.2, -0.15) is 0 Å². The number of carbonyl (C=O) groups is 2. The van der Waals surface area contributed by atoms with Gasteiger partial charge in [0.2, 0.25) is 0 Å². The molecule has 51 heavy (non-hydrogen) atoms. The molecule has 0 saturated heterocycles. The maximum Gasteiger partial charge on any atom is 0.469 e. The molecule has 0 aliphatic carbocycles. The second-order valence-corrected chi connectivity index (χ2v) is 13.6. The van der Waals surface area contributed by atoms with Crippen LogP contribution < -0.4 is 0 Å². The SMILES string of the molecule is CC/C=C\C/C=C\CC(O)/C=C/C=C\C/C=C\CCCC(=O)OC[C@H](COP(=O)(O)O)OC(=O)CCCCCCC/C=C\C/C=C\CCCCC. The molecule has 3 N–H and O–H groups in total. The summed E-state index contributed by atoms with van der Waals surface area (Å²) in [4.78, 5) is 42.7. The molecule has 0 spiro atoms. The third-order valence-electron chi connectivity index (χ3n) is 7.48. The van der Waals surface area contributed by atoms with Gasteiger partial charge in [-0.25, -0.2) is 4.57 Å². The molecule has 10 heteroatoms. The van der Waals surface area contributed by atoms with Crippen molar-refractivity contribution >= 4 is 19.8 Å². The fourth-order valence-corrected chi connectivity index (χ4v) is 5.00. The Hall–Kier alpha value is -2.81. The number of allylic oxidation sites excluding steroid dienone is 12. The molecule has 0 aromatic heterocycles. The molecule has 0 aliphatic heterocycles. The number of phosphoric acid groups is 1. The van der Waals surface area contributed by atoms with E-state index in [-0.39, 0.29) is 19.4 Å². The maximum absolute atomic E-state index is 12.4. The van der Waals surface area contributed by atoms with Crippen LogP contribution in [0.4, 0.5) is 0 Å². The van der Waals surface area contributed by atoms with Gasteiger partial charge in [0.05, 0.1) is 12.7 Å². The van der Waals surface area contributed by atoms with E-state index in [1.54, 1.807) is 6.08 Å². The molecule has 0 bridgehead atoms. The van der Waals surface area contributed by atoms with Crippen molar-refractivity contribution in [1.29, 1.82) is 0 Å². The lowest BCUT2D eigenvalue weighted by Gasteiger charge is -2.18. The summed E-state index contributed by atoms with van der Waals surface area (Å²) < 4.78 is 26.2. The summed E-state index contributed by atoms with van der Waals surface area (Å²) in [5.74, 6) is -1.02. The Morgan fingerprint density at radius 1 is 0.627 bits per heavy atom. The lowest BCUT2D eigenvalue weighted by molar-refractivity contribution is -0.161. The molecule has 0 aliphatic rings. The molecule has 1 unspecified atom stereocenters. The van der Waals surface area contributed by atoms with Crippen molar-refractivity contribution in [2.75, 3.05) is 13.2 Å². The van der Waals surface area contributed by atoms with E-state index in [0.717, 1.165) is 64.2 Å². The van der Waals surface area contributed by atoms with Crippen LogP contribution in [0.2, 0.25) is 0 Å². The molecule has 2 atom stereocenters. The lowest BCUT2D eigenvalue weighted by Crippen LogP contribution is -2.29. The largest absolute Gasteiger partial charge is 0.469 e. The Kier molecular flexibility index (Phi) is 33.6. The number of esters is 2. The van der Waals surface area contributed by atoms with Crippen LogP contribution in [0.5, 0.6) is 0 Å². The van der Waals surface area contributed by atoms with E-state index >= 15 is 0 Å². The van der Waals surface area contributed by atoms with Crippen molar-refractivity contribution in [3.8, 4) is 0 Å². The number of carbonyl (C=O) groups excluding carboxylic acids is 2. The van der Waals surface area contributed by atoms with Crippen molar-refractivity contribution in [3.63, 3.8) is 0 Å². The smallest absolute Gasteiger partial charge is 0.462 e. The topological polar surface area (TPSA) is 140 Å². The average Bonchev–Trinajstić information content (AvgIpc) is 3.09. The van der Waals surface area contributed by atoms with Crippen molar-refractivity contribution in [3.05, 3.63) is 85.1 Å². The zero-order chi connectivity index (χ0) is 37.7. The van der Waals surface area contributed by atoms with Gasteiger partial charge in [0.15, 0.2) is 6.10 Å². The summed E-state index contributed by atoms with van der Waals surface area (Å²) in [7, 11) is -4.79. The Bertz CT molecular complexity index is 1110. The minimum absolute atomic E-state index is 0.149. The van der Waals surface area contributed by atoms with Gasteiger partial charge in [0, 0.05) is 12.8 Å². The minimum Gasteiger partial charge on any atom is -0.462 e. The first kappa shape index (κ1) is 48.2. The third-order valence-corrected chi connectivity index (χ3v) is 7.96. The van der Waals surface area contributed by atoms with Crippen LogP contribution in [-0.4, -0.2) is 52.3 Å². The van der Waals surface area contributed by atoms with Crippen LogP contribution >= 0.6 is 7.82 Å². The van der Waals surface area contributed by atoms with Gasteiger partial charge in [-0.3, -0.25) is 14.1 Å². The average molecular weight is 735 g/mol. The van der Waals surface area contributed by atoms with E-state index < -0.39 is 38.6 Å². The first-order valence-corrected chi connectivity index (χ1v) is 20.5. The van der Waals surface area contributed by atoms with Crippen LogP contribution in [0.1, 0.15) is 136 Å². The lowest BCUT2D eigenvalue weighted by atomic mass is 10.1. The molecule has 0 rings (SSSR count). The standard InChI is InChI=1S/C41H67O9P/c1-3-5-7-9-11-12-13-14-15-16-17-18-23-27-31-35-41(44)50-39(37-49-51(45,46)47)36-48-40(43)34-30-26-22-20-19-21-25-29-33-38(42)32-28-24-10-8-6-4-2/h6,8,11-12,14-15,20-22,24-25,28-29,33,38-39,42H,3-5,7,9-10,13,16-19,23,26-27,30-32,34-37H2,1-2H3,(H2,45,46,47)/b8-6-,12-11-,15-14-,22-20-,25-21-,28-24-,33-29+/t38?,39-/m1/s1. The van der Waals surface area contributed by atoms with Crippen LogP contribution in [0.3, 0.4) is 0 Å². The van der Waals surface area contributed by atoms with Crippen molar-refractivity contribution in [2.45, 2.75) is 148 Å². The first-order chi connectivity index (χ1) is 24.7. The summed E-state index contributed by atoms with van der Waals surface area (Å²) in [6.45, 7) is 3.38. The maximum atomic E-state index is 12.4. The molecular weight excluding hydrogens is 667 g/mol. The zero-order valence-corrected chi connectivity index (χ0v) is 32.2. The number of hydrogen-bond acceptors (Lipinski definition) is 7. The van der Waals surface area contributed by atoms with Crippen LogP contribution in [0.25, 0.3) is 0 Å². The summed E-state index contributed by atoms with van der Waals surface area (Å²) >= 11 is 0. The fourth-order valence-electron chi connectivity index (χ4n) is 4.64. The molecule has 0 aromatic rings. The Morgan fingerprint density at radius 3 is 1.86 bits per heavy atom. The quantitative estimate of drug-likeness (QED) is 0.0198. The minimum atomic E-state index is -4.79. The summed E-state index contributed by atoms with van der Waals surface area (Å²) in [5.41, 5.74) is 0. The Balaban J connectivity index is 4.18. The van der Waals surface area contributed by atoms with E-state index in [1.165, 1.54) is 19.3 Å². The highest BCUT2D eigenvalue weighted by Crippen LogP contribution is 2.35. The van der Waals surface area contributed by atoms with Crippen molar-refractivity contribution in [1.82, 2.24) is 0 Å². The highest BCUT2D eigenvalue weighted by molar-refractivity contribution is 7.46. The molecule has 0 heterocycles. The molecule has 0 saturated carbocycles. The molecule has 0 fully saturated rings. The fraction of sp³-hybridized carbons (Fsp3) is 0.610. The molecule has 0 amide bonds. The van der Waals surface area contributed by atoms with Crippen LogP contribution in [-0.2, 0) is 28.2 Å². The highest BCUT2D eigenvalue weighted by atomic mass is 31.2. The van der Waals surface area contributed by atoms with E-state index in [0.29, 0.717) is 25.7 Å². The number of hydrogen-bond donors (Lipinski definition) is 3. The van der Waals surface area contributed by atoms with Gasteiger partial charge >= 0.3 is 19.8 Å².